The van der Waals surface area contributed by atoms with E-state index in [1.165, 1.54) is 12.1 Å². The Balaban J connectivity index is 1.53. The zero-order valence-corrected chi connectivity index (χ0v) is 17.0. The van der Waals surface area contributed by atoms with Crippen molar-refractivity contribution in [3.05, 3.63) is 72.3 Å². The fourth-order valence-electron chi connectivity index (χ4n) is 2.88. The first-order valence-corrected chi connectivity index (χ1v) is 10.9. The van der Waals surface area contributed by atoms with Crippen LogP contribution >= 0.6 is 0 Å². The van der Waals surface area contributed by atoms with Crippen LogP contribution in [0.2, 0.25) is 0 Å². The number of amides is 1. The van der Waals surface area contributed by atoms with E-state index in [9.17, 15) is 13.2 Å². The molecule has 0 atom stereocenters. The minimum Gasteiger partial charge on any atom is -0.484 e. The SMILES string of the molecule is CCCNS(=O)(=O)c1ccc(OCC(=O)NCc2cccc3ccccc23)cc1. The second kappa shape index (κ2) is 9.54. The molecule has 0 saturated heterocycles. The van der Waals surface area contributed by atoms with Crippen LogP contribution in [-0.2, 0) is 21.4 Å². The van der Waals surface area contributed by atoms with Crippen LogP contribution in [0.5, 0.6) is 5.75 Å². The largest absolute Gasteiger partial charge is 0.484 e. The quantitative estimate of drug-likeness (QED) is 0.565. The number of benzene rings is 3. The number of carbonyl (C=O) groups is 1. The second-order valence-electron chi connectivity index (χ2n) is 6.57. The van der Waals surface area contributed by atoms with E-state index in [2.05, 4.69) is 10.0 Å². The predicted octanol–water partition coefficient (Wildman–Crippen LogP) is 3.22. The summed E-state index contributed by atoms with van der Waals surface area (Å²) >= 11 is 0. The molecule has 0 bridgehead atoms. The first-order chi connectivity index (χ1) is 14.0. The van der Waals surface area contributed by atoms with E-state index in [-0.39, 0.29) is 17.4 Å². The lowest BCUT2D eigenvalue weighted by molar-refractivity contribution is -0.123. The van der Waals surface area contributed by atoms with E-state index in [1.807, 2.05) is 49.4 Å². The third-order valence-corrected chi connectivity index (χ3v) is 5.88. The number of hydrogen-bond acceptors (Lipinski definition) is 4. The van der Waals surface area contributed by atoms with Gasteiger partial charge in [-0.1, -0.05) is 49.4 Å². The van der Waals surface area contributed by atoms with Gasteiger partial charge in [-0.2, -0.15) is 0 Å². The lowest BCUT2D eigenvalue weighted by atomic mass is 10.0. The summed E-state index contributed by atoms with van der Waals surface area (Å²) in [5.74, 6) is 0.180. The fraction of sp³-hybridized carbons (Fsp3) is 0.227. The van der Waals surface area contributed by atoms with Crippen LogP contribution < -0.4 is 14.8 Å². The van der Waals surface area contributed by atoms with Gasteiger partial charge in [-0.25, -0.2) is 13.1 Å². The van der Waals surface area contributed by atoms with E-state index in [1.54, 1.807) is 12.1 Å². The molecule has 0 spiro atoms. The van der Waals surface area contributed by atoms with Crippen LogP contribution in [0.1, 0.15) is 18.9 Å². The van der Waals surface area contributed by atoms with Gasteiger partial charge in [0.2, 0.25) is 10.0 Å². The van der Waals surface area contributed by atoms with Gasteiger partial charge >= 0.3 is 0 Å². The molecular formula is C22H24N2O4S. The highest BCUT2D eigenvalue weighted by molar-refractivity contribution is 7.89. The fourth-order valence-corrected chi connectivity index (χ4v) is 4.01. The van der Waals surface area contributed by atoms with E-state index in [0.29, 0.717) is 25.3 Å². The standard InChI is InChI=1S/C22H24N2O4S/c1-2-14-24-29(26,27)20-12-10-19(11-13-20)28-16-22(25)23-15-18-8-5-7-17-6-3-4-9-21(17)18/h3-13,24H,2,14-16H2,1H3,(H,23,25). The summed E-state index contributed by atoms with van der Waals surface area (Å²) in [4.78, 5) is 12.3. The highest BCUT2D eigenvalue weighted by Gasteiger charge is 2.13. The number of hydrogen-bond donors (Lipinski definition) is 2. The van der Waals surface area contributed by atoms with Crippen molar-refractivity contribution in [1.29, 1.82) is 0 Å². The van der Waals surface area contributed by atoms with Crippen molar-refractivity contribution in [2.45, 2.75) is 24.8 Å². The second-order valence-corrected chi connectivity index (χ2v) is 8.34. The molecule has 0 aliphatic carbocycles. The van der Waals surface area contributed by atoms with Crippen molar-refractivity contribution in [2.75, 3.05) is 13.2 Å². The van der Waals surface area contributed by atoms with Gasteiger partial charge in [-0.15, -0.1) is 0 Å². The Bertz CT molecular complexity index is 1070. The molecule has 7 heteroatoms. The summed E-state index contributed by atoms with van der Waals surface area (Å²) in [7, 11) is -3.51. The molecule has 2 N–H and O–H groups in total. The topological polar surface area (TPSA) is 84.5 Å². The Morgan fingerprint density at radius 1 is 0.966 bits per heavy atom. The van der Waals surface area contributed by atoms with Crippen molar-refractivity contribution in [3.8, 4) is 5.75 Å². The van der Waals surface area contributed by atoms with E-state index in [4.69, 9.17) is 4.74 Å². The Kier molecular flexibility index (Phi) is 6.85. The number of fused-ring (bicyclic) bond motifs is 1. The van der Waals surface area contributed by atoms with Crippen LogP contribution in [0.25, 0.3) is 10.8 Å². The Labute approximate surface area is 170 Å². The maximum atomic E-state index is 12.1. The molecular weight excluding hydrogens is 388 g/mol. The van der Waals surface area contributed by atoms with Crippen molar-refractivity contribution in [2.24, 2.45) is 0 Å². The van der Waals surface area contributed by atoms with Crippen LogP contribution in [0.15, 0.2) is 71.6 Å². The first kappa shape index (κ1) is 20.8. The molecule has 0 heterocycles. The van der Waals surface area contributed by atoms with Gasteiger partial charge in [-0.3, -0.25) is 4.79 Å². The van der Waals surface area contributed by atoms with Gasteiger partial charge in [-0.05, 0) is 47.0 Å². The smallest absolute Gasteiger partial charge is 0.258 e. The summed E-state index contributed by atoms with van der Waals surface area (Å²) < 4.78 is 32.1. The summed E-state index contributed by atoms with van der Waals surface area (Å²) in [6.45, 7) is 2.54. The lowest BCUT2D eigenvalue weighted by Crippen LogP contribution is -2.28. The number of nitrogens with one attached hydrogen (secondary N) is 2. The minimum atomic E-state index is -3.51. The molecule has 0 radical (unpaired) electrons. The van der Waals surface area contributed by atoms with Gasteiger partial charge in [0.05, 0.1) is 4.90 Å². The molecule has 0 saturated carbocycles. The van der Waals surface area contributed by atoms with Crippen LogP contribution in [0, 0.1) is 0 Å². The predicted molar refractivity (Wildman–Crippen MR) is 113 cm³/mol. The van der Waals surface area contributed by atoms with Crippen molar-refractivity contribution >= 4 is 26.7 Å². The van der Waals surface area contributed by atoms with Gasteiger partial charge in [0.15, 0.2) is 6.61 Å². The molecule has 6 nitrogen and oxygen atoms in total. The molecule has 0 fully saturated rings. The normalized spacial score (nSPS) is 11.3. The van der Waals surface area contributed by atoms with Crippen LogP contribution in [0.3, 0.4) is 0 Å². The van der Waals surface area contributed by atoms with Crippen LogP contribution in [-0.4, -0.2) is 27.5 Å². The average molecular weight is 413 g/mol. The van der Waals surface area contributed by atoms with Gasteiger partial charge in [0.25, 0.3) is 5.91 Å². The molecule has 0 aliphatic rings. The summed E-state index contributed by atoms with van der Waals surface area (Å²) in [6, 6.07) is 20.0. The van der Waals surface area contributed by atoms with E-state index < -0.39 is 10.0 Å². The van der Waals surface area contributed by atoms with Gasteiger partial charge < -0.3 is 10.1 Å². The van der Waals surface area contributed by atoms with Crippen molar-refractivity contribution in [1.82, 2.24) is 10.0 Å². The summed E-state index contributed by atoms with van der Waals surface area (Å²) in [5.41, 5.74) is 1.03. The molecule has 0 aromatic heterocycles. The van der Waals surface area contributed by atoms with Gasteiger partial charge in [0.1, 0.15) is 5.75 Å². The summed E-state index contributed by atoms with van der Waals surface area (Å²) in [5, 5.41) is 5.08. The molecule has 29 heavy (non-hydrogen) atoms. The van der Waals surface area contributed by atoms with Crippen LogP contribution in [0.4, 0.5) is 0 Å². The number of ether oxygens (including phenoxy) is 1. The van der Waals surface area contributed by atoms with Crippen molar-refractivity contribution < 1.29 is 17.9 Å². The van der Waals surface area contributed by atoms with E-state index in [0.717, 1.165) is 16.3 Å². The molecule has 0 aliphatic heterocycles. The average Bonchev–Trinajstić information content (AvgIpc) is 2.75. The molecule has 152 valence electrons. The first-order valence-electron chi connectivity index (χ1n) is 9.45. The minimum absolute atomic E-state index is 0.148. The Morgan fingerprint density at radius 3 is 2.45 bits per heavy atom. The molecule has 1 amide bonds. The van der Waals surface area contributed by atoms with E-state index >= 15 is 0 Å². The Morgan fingerprint density at radius 2 is 1.69 bits per heavy atom. The third-order valence-electron chi connectivity index (χ3n) is 4.40. The van der Waals surface area contributed by atoms with Gasteiger partial charge in [0, 0.05) is 13.1 Å². The highest BCUT2D eigenvalue weighted by atomic mass is 32.2. The zero-order valence-electron chi connectivity index (χ0n) is 16.2. The number of rotatable bonds is 9. The molecule has 3 aromatic carbocycles. The lowest BCUT2D eigenvalue weighted by Gasteiger charge is -2.10. The maximum Gasteiger partial charge on any atom is 0.258 e. The number of carbonyl (C=O) groups excluding carboxylic acids is 1. The maximum absolute atomic E-state index is 12.1. The third kappa shape index (κ3) is 5.56. The number of sulfonamides is 1. The van der Waals surface area contributed by atoms with Crippen molar-refractivity contribution in [3.63, 3.8) is 0 Å². The summed E-state index contributed by atoms with van der Waals surface area (Å²) in [6.07, 6.45) is 0.717. The molecule has 3 aromatic rings. The Hall–Kier alpha value is -2.90. The molecule has 0 unspecified atom stereocenters. The molecule has 3 rings (SSSR count). The monoisotopic (exact) mass is 412 g/mol. The highest BCUT2D eigenvalue weighted by Crippen LogP contribution is 2.18. The zero-order chi connectivity index (χ0) is 20.7.